The lowest BCUT2D eigenvalue weighted by Gasteiger charge is -2.07. The number of amides is 1. The Morgan fingerprint density at radius 2 is 2.05 bits per heavy atom. The highest BCUT2D eigenvalue weighted by Crippen LogP contribution is 2.24. The predicted octanol–water partition coefficient (Wildman–Crippen LogP) is 2.67. The lowest BCUT2D eigenvalue weighted by molar-refractivity contribution is 0.0951. The number of aromatic nitrogens is 1. The Balaban J connectivity index is 1.99. The van der Waals surface area contributed by atoms with Gasteiger partial charge in [-0.25, -0.2) is 0 Å². The number of nitrogens with one attached hydrogen (secondary N) is 1. The van der Waals surface area contributed by atoms with Crippen LogP contribution in [0.3, 0.4) is 0 Å². The van der Waals surface area contributed by atoms with Crippen molar-refractivity contribution in [2.75, 3.05) is 7.11 Å². The second-order valence-electron chi connectivity index (χ2n) is 3.89. The highest BCUT2D eigenvalue weighted by atomic mass is 35.5. The van der Waals surface area contributed by atoms with Crippen LogP contribution in [0.25, 0.3) is 0 Å². The molecular formula is C14H13ClN2O2. The zero-order chi connectivity index (χ0) is 13.7. The molecule has 0 spiro atoms. The van der Waals surface area contributed by atoms with Crippen LogP contribution in [-0.2, 0) is 6.54 Å². The van der Waals surface area contributed by atoms with Crippen molar-refractivity contribution in [2.45, 2.75) is 6.54 Å². The molecule has 4 nitrogen and oxygen atoms in total. The summed E-state index contributed by atoms with van der Waals surface area (Å²) >= 11 is 6.02. The van der Waals surface area contributed by atoms with Gasteiger partial charge in [0.25, 0.3) is 5.91 Å². The van der Waals surface area contributed by atoms with Gasteiger partial charge in [-0.1, -0.05) is 17.7 Å². The van der Waals surface area contributed by atoms with Crippen molar-refractivity contribution in [3.8, 4) is 5.75 Å². The molecule has 1 N–H and O–H groups in total. The van der Waals surface area contributed by atoms with Crippen molar-refractivity contribution < 1.29 is 9.53 Å². The van der Waals surface area contributed by atoms with Gasteiger partial charge in [0.15, 0.2) is 0 Å². The summed E-state index contributed by atoms with van der Waals surface area (Å²) in [7, 11) is 1.56. The average molecular weight is 277 g/mol. The van der Waals surface area contributed by atoms with Crippen LogP contribution in [0.15, 0.2) is 42.7 Å². The Bertz CT molecular complexity index is 573. The number of carbonyl (C=O) groups is 1. The number of methoxy groups -OCH3 is 1. The van der Waals surface area contributed by atoms with Crippen LogP contribution in [0.2, 0.25) is 5.02 Å². The first-order valence-corrected chi connectivity index (χ1v) is 6.09. The largest absolute Gasteiger partial charge is 0.495 e. The molecule has 19 heavy (non-hydrogen) atoms. The van der Waals surface area contributed by atoms with Crippen LogP contribution in [0.4, 0.5) is 0 Å². The second kappa shape index (κ2) is 6.20. The normalized spacial score (nSPS) is 10.0. The van der Waals surface area contributed by atoms with Gasteiger partial charge in [0, 0.05) is 24.5 Å². The third-order valence-corrected chi connectivity index (χ3v) is 2.91. The zero-order valence-corrected chi connectivity index (χ0v) is 11.1. The number of pyridine rings is 1. The molecule has 0 aliphatic heterocycles. The molecule has 0 saturated carbocycles. The molecule has 1 amide bonds. The van der Waals surface area contributed by atoms with Crippen LogP contribution in [-0.4, -0.2) is 18.0 Å². The van der Waals surface area contributed by atoms with Crippen molar-refractivity contribution in [3.05, 3.63) is 58.9 Å². The van der Waals surface area contributed by atoms with E-state index in [0.29, 0.717) is 22.9 Å². The second-order valence-corrected chi connectivity index (χ2v) is 4.29. The fourth-order valence-corrected chi connectivity index (χ4v) is 1.89. The Morgan fingerprint density at radius 1 is 1.32 bits per heavy atom. The van der Waals surface area contributed by atoms with Gasteiger partial charge in [-0.2, -0.15) is 0 Å². The van der Waals surface area contributed by atoms with E-state index in [1.807, 2.05) is 6.07 Å². The van der Waals surface area contributed by atoms with E-state index in [2.05, 4.69) is 10.3 Å². The Labute approximate surface area is 116 Å². The van der Waals surface area contributed by atoms with E-state index >= 15 is 0 Å². The maximum Gasteiger partial charge on any atom is 0.251 e. The summed E-state index contributed by atoms with van der Waals surface area (Å²) in [6, 6.07) is 8.73. The molecule has 0 bridgehead atoms. The molecule has 0 aliphatic carbocycles. The van der Waals surface area contributed by atoms with E-state index in [4.69, 9.17) is 16.3 Å². The summed E-state index contributed by atoms with van der Waals surface area (Å²) in [6.45, 7) is 0.408. The Hall–Kier alpha value is -2.07. The van der Waals surface area contributed by atoms with Crippen LogP contribution >= 0.6 is 11.6 Å². The number of hydrogen-bond acceptors (Lipinski definition) is 3. The minimum Gasteiger partial charge on any atom is -0.495 e. The lowest BCUT2D eigenvalue weighted by Crippen LogP contribution is -2.22. The monoisotopic (exact) mass is 276 g/mol. The van der Waals surface area contributed by atoms with Crippen LogP contribution in [0.5, 0.6) is 5.75 Å². The van der Waals surface area contributed by atoms with E-state index in [1.165, 1.54) is 0 Å². The van der Waals surface area contributed by atoms with Gasteiger partial charge >= 0.3 is 0 Å². The Kier molecular flexibility index (Phi) is 4.36. The lowest BCUT2D eigenvalue weighted by atomic mass is 10.2. The van der Waals surface area contributed by atoms with E-state index < -0.39 is 0 Å². The first kappa shape index (κ1) is 13.4. The number of carbonyl (C=O) groups excluding carboxylic acids is 1. The summed E-state index contributed by atoms with van der Waals surface area (Å²) in [4.78, 5) is 15.7. The highest BCUT2D eigenvalue weighted by Gasteiger charge is 2.06. The molecule has 5 heteroatoms. The standard InChI is InChI=1S/C14H13ClN2O2/c1-19-13-3-2-10(8-12(13)15)9-17-14(18)11-4-6-16-7-5-11/h2-8H,9H2,1H3,(H,17,18). The van der Waals surface area contributed by atoms with Crippen LogP contribution in [0, 0.1) is 0 Å². The Morgan fingerprint density at radius 3 is 2.68 bits per heavy atom. The van der Waals surface area contributed by atoms with Crippen molar-refractivity contribution in [1.82, 2.24) is 10.3 Å². The van der Waals surface area contributed by atoms with E-state index in [1.54, 1.807) is 43.8 Å². The molecule has 2 rings (SSSR count). The van der Waals surface area contributed by atoms with Gasteiger partial charge in [-0.05, 0) is 29.8 Å². The summed E-state index contributed by atoms with van der Waals surface area (Å²) in [5.41, 5.74) is 1.49. The average Bonchev–Trinajstić information content (AvgIpc) is 2.46. The van der Waals surface area contributed by atoms with Gasteiger partial charge < -0.3 is 10.1 Å². The molecule has 0 fully saturated rings. The van der Waals surface area contributed by atoms with E-state index in [0.717, 1.165) is 5.56 Å². The molecule has 0 unspecified atom stereocenters. The molecule has 1 heterocycles. The van der Waals surface area contributed by atoms with Crippen molar-refractivity contribution in [2.24, 2.45) is 0 Å². The first-order chi connectivity index (χ1) is 9.20. The fourth-order valence-electron chi connectivity index (χ4n) is 1.61. The zero-order valence-electron chi connectivity index (χ0n) is 10.4. The SMILES string of the molecule is COc1ccc(CNC(=O)c2ccncc2)cc1Cl. The van der Waals surface area contributed by atoms with Crippen molar-refractivity contribution >= 4 is 17.5 Å². The summed E-state index contributed by atoms with van der Waals surface area (Å²) in [5, 5.41) is 3.34. The maximum atomic E-state index is 11.8. The molecule has 98 valence electrons. The topological polar surface area (TPSA) is 51.2 Å². The molecular weight excluding hydrogens is 264 g/mol. The molecule has 1 aromatic carbocycles. The minimum atomic E-state index is -0.144. The van der Waals surface area contributed by atoms with E-state index in [-0.39, 0.29) is 5.91 Å². The van der Waals surface area contributed by atoms with Gasteiger partial charge in [0.2, 0.25) is 0 Å². The number of halogens is 1. The highest BCUT2D eigenvalue weighted by molar-refractivity contribution is 6.32. The van der Waals surface area contributed by atoms with Gasteiger partial charge in [0.05, 0.1) is 12.1 Å². The van der Waals surface area contributed by atoms with Crippen molar-refractivity contribution in [1.29, 1.82) is 0 Å². The quantitative estimate of drug-likeness (QED) is 0.934. The predicted molar refractivity (Wildman–Crippen MR) is 73.4 cm³/mol. The molecule has 1 aromatic heterocycles. The van der Waals surface area contributed by atoms with Gasteiger partial charge in [0.1, 0.15) is 5.75 Å². The third-order valence-electron chi connectivity index (χ3n) is 2.61. The third kappa shape index (κ3) is 3.45. The maximum absolute atomic E-state index is 11.8. The van der Waals surface area contributed by atoms with Gasteiger partial charge in [-0.3, -0.25) is 9.78 Å². The van der Waals surface area contributed by atoms with E-state index in [9.17, 15) is 4.79 Å². The molecule has 0 radical (unpaired) electrons. The number of ether oxygens (including phenoxy) is 1. The summed E-state index contributed by atoms with van der Waals surface area (Å²) < 4.78 is 5.07. The summed E-state index contributed by atoms with van der Waals surface area (Å²) in [6.07, 6.45) is 3.17. The molecule has 0 aliphatic rings. The van der Waals surface area contributed by atoms with Crippen molar-refractivity contribution in [3.63, 3.8) is 0 Å². The molecule has 0 saturated heterocycles. The number of rotatable bonds is 4. The number of nitrogens with zero attached hydrogens (tertiary/aromatic N) is 1. The first-order valence-electron chi connectivity index (χ1n) is 5.71. The smallest absolute Gasteiger partial charge is 0.251 e. The van der Waals surface area contributed by atoms with Gasteiger partial charge in [-0.15, -0.1) is 0 Å². The fraction of sp³-hybridized carbons (Fsp3) is 0.143. The van der Waals surface area contributed by atoms with Crippen LogP contribution in [0.1, 0.15) is 15.9 Å². The number of hydrogen-bond donors (Lipinski definition) is 1. The minimum absolute atomic E-state index is 0.144. The molecule has 0 atom stereocenters. The number of benzene rings is 1. The summed E-state index contributed by atoms with van der Waals surface area (Å²) in [5.74, 6) is 0.472. The van der Waals surface area contributed by atoms with Crippen LogP contribution < -0.4 is 10.1 Å². The molecule has 2 aromatic rings.